The number of nitrogens with zero attached hydrogens (tertiary/aromatic N) is 6. The number of hydrogen-bond acceptors (Lipinski definition) is 3. The Hall–Kier alpha value is -10.2. The molecule has 0 fully saturated rings. The van der Waals surface area contributed by atoms with E-state index in [0.29, 0.717) is 17.5 Å². The normalized spacial score (nSPS) is 12.2. The molecule has 0 radical (unpaired) electrons. The van der Waals surface area contributed by atoms with Crippen LogP contribution in [0.1, 0.15) is 52.7 Å². The summed E-state index contributed by atoms with van der Waals surface area (Å²) < 4.78 is 7.32. The summed E-state index contributed by atoms with van der Waals surface area (Å²) in [6.07, 6.45) is 0. The molecule has 15 rings (SSSR count). The molecule has 11 aromatic carbocycles. The van der Waals surface area contributed by atoms with Crippen molar-refractivity contribution in [2.24, 2.45) is 0 Å². The highest BCUT2D eigenvalue weighted by molar-refractivity contribution is 6.13. The molecule has 0 bridgehead atoms. The van der Waals surface area contributed by atoms with Crippen LogP contribution in [0.5, 0.6) is 0 Å². The molecule has 4 aromatic heterocycles. The number of hydrogen-bond donors (Lipinski definition) is 0. The van der Waals surface area contributed by atoms with Gasteiger partial charge in [-0.2, -0.15) is 0 Å². The van der Waals surface area contributed by atoms with Crippen LogP contribution in [0.25, 0.3) is 139 Å². The smallest absolute Gasteiger partial charge is 0.164 e. The monoisotopic (exact) mass is 1070 g/mol. The molecule has 0 saturated heterocycles. The number of fused-ring (bicyclic) bond motifs is 9. The quantitative estimate of drug-likeness (QED) is 0.152. The highest BCUT2D eigenvalue weighted by Crippen LogP contribution is 2.46. The Balaban J connectivity index is 1.05. The van der Waals surface area contributed by atoms with Crippen LogP contribution in [0.4, 0.5) is 0 Å². The first kappa shape index (κ1) is 49.8. The fourth-order valence-electron chi connectivity index (χ4n) is 12.6. The van der Waals surface area contributed by atoms with Gasteiger partial charge in [0.1, 0.15) is 0 Å². The van der Waals surface area contributed by atoms with Crippen LogP contribution >= 0.6 is 0 Å². The fourth-order valence-corrected chi connectivity index (χ4v) is 12.6. The first-order valence-corrected chi connectivity index (χ1v) is 28.8. The topological polar surface area (TPSA) is 53.5 Å². The second-order valence-corrected chi connectivity index (χ2v) is 24.1. The molecule has 6 heteroatoms. The molecule has 0 saturated carbocycles. The summed E-state index contributed by atoms with van der Waals surface area (Å²) in [6.45, 7) is 13.8. The van der Waals surface area contributed by atoms with Gasteiger partial charge in [-0.15, -0.1) is 0 Å². The predicted molar refractivity (Wildman–Crippen MR) is 347 cm³/mol. The molecule has 0 aliphatic carbocycles. The van der Waals surface area contributed by atoms with E-state index in [-0.39, 0.29) is 10.8 Å². The van der Waals surface area contributed by atoms with Crippen molar-refractivity contribution in [1.29, 1.82) is 0 Å². The van der Waals surface area contributed by atoms with Gasteiger partial charge in [-0.3, -0.25) is 0 Å². The van der Waals surface area contributed by atoms with Crippen molar-refractivity contribution in [3.8, 4) is 73.5 Å². The molecule has 0 aliphatic rings. The van der Waals surface area contributed by atoms with E-state index in [2.05, 4.69) is 274 Å². The highest BCUT2D eigenvalue weighted by Gasteiger charge is 2.27. The van der Waals surface area contributed by atoms with Gasteiger partial charge in [0.2, 0.25) is 0 Å². The van der Waals surface area contributed by atoms with E-state index < -0.39 is 0 Å². The van der Waals surface area contributed by atoms with Crippen LogP contribution in [0, 0.1) is 0 Å². The largest absolute Gasteiger partial charge is 0.309 e. The minimum absolute atomic E-state index is 0.0692. The first-order chi connectivity index (χ1) is 40.4. The minimum atomic E-state index is -0.0692. The summed E-state index contributed by atoms with van der Waals surface area (Å²) in [7, 11) is 0. The Bertz CT molecular complexity index is 4590. The maximum Gasteiger partial charge on any atom is 0.164 e. The third-order valence-corrected chi connectivity index (χ3v) is 16.8. The minimum Gasteiger partial charge on any atom is -0.309 e. The van der Waals surface area contributed by atoms with Crippen molar-refractivity contribution in [1.82, 2.24) is 28.7 Å². The maximum absolute atomic E-state index is 5.40. The molecular formula is C77H60N6. The lowest BCUT2D eigenvalue weighted by atomic mass is 9.85. The molecule has 0 unspecified atom stereocenters. The third kappa shape index (κ3) is 8.43. The lowest BCUT2D eigenvalue weighted by molar-refractivity contribution is 0.590. The van der Waals surface area contributed by atoms with E-state index in [4.69, 9.17) is 15.0 Å². The Morgan fingerprint density at radius 1 is 0.253 bits per heavy atom. The van der Waals surface area contributed by atoms with Crippen molar-refractivity contribution in [3.63, 3.8) is 0 Å². The second kappa shape index (κ2) is 19.2. The molecule has 398 valence electrons. The van der Waals surface area contributed by atoms with Crippen LogP contribution in [0.15, 0.2) is 255 Å². The molecule has 0 spiro atoms. The van der Waals surface area contributed by atoms with Crippen molar-refractivity contribution in [3.05, 3.63) is 266 Å². The molecule has 0 amide bonds. The molecule has 4 heterocycles. The van der Waals surface area contributed by atoms with Crippen molar-refractivity contribution in [2.75, 3.05) is 0 Å². The Labute approximate surface area is 483 Å². The van der Waals surface area contributed by atoms with E-state index in [9.17, 15) is 0 Å². The van der Waals surface area contributed by atoms with E-state index in [1.807, 2.05) is 36.4 Å². The highest BCUT2D eigenvalue weighted by atomic mass is 15.0. The van der Waals surface area contributed by atoms with E-state index in [0.717, 1.165) is 67.0 Å². The maximum atomic E-state index is 5.40. The van der Waals surface area contributed by atoms with Gasteiger partial charge in [-0.05, 0) is 118 Å². The Morgan fingerprint density at radius 2 is 0.566 bits per heavy atom. The standard InChI is InChI=1S/C77H60N6/c1-76(2,3)54-37-43-70-64(47-54)65-48-55(77(4,5)6)38-44-71(65)83(70)72-62(49-33-39-56(40-34-49)81-66-29-17-13-25-58(66)59-26-14-18-30-67(59)81)45-53(75-79-73(51-21-9-7-10-22-51)78-74(80-75)52-23-11-8-12-24-52)46-63(72)50-35-41-57(42-36-50)82-68-31-19-15-27-60(68)61-28-16-20-32-69(61)82/h7-48H,1-6H3. The summed E-state index contributed by atoms with van der Waals surface area (Å²) in [5.74, 6) is 1.81. The number of rotatable bonds is 8. The second-order valence-electron chi connectivity index (χ2n) is 24.1. The van der Waals surface area contributed by atoms with Gasteiger partial charge >= 0.3 is 0 Å². The van der Waals surface area contributed by atoms with E-state index in [1.54, 1.807) is 0 Å². The molecule has 0 N–H and O–H groups in total. The number of aromatic nitrogens is 6. The van der Waals surface area contributed by atoms with Crippen LogP contribution in [0.3, 0.4) is 0 Å². The van der Waals surface area contributed by atoms with Crippen LogP contribution in [-0.4, -0.2) is 28.7 Å². The summed E-state index contributed by atoms with van der Waals surface area (Å²) in [6, 6.07) is 92.6. The number of para-hydroxylation sites is 4. The Morgan fingerprint density at radius 3 is 0.916 bits per heavy atom. The van der Waals surface area contributed by atoms with Gasteiger partial charge < -0.3 is 13.7 Å². The zero-order valence-electron chi connectivity index (χ0n) is 47.4. The van der Waals surface area contributed by atoms with Crippen molar-refractivity contribution >= 4 is 65.4 Å². The molecular weight excluding hydrogens is 1010 g/mol. The van der Waals surface area contributed by atoms with Gasteiger partial charge in [-0.25, -0.2) is 15.0 Å². The lowest BCUT2D eigenvalue weighted by Gasteiger charge is -2.22. The summed E-state index contributed by atoms with van der Waals surface area (Å²) >= 11 is 0. The van der Waals surface area contributed by atoms with E-state index in [1.165, 1.54) is 65.5 Å². The molecule has 0 atom stereocenters. The number of benzene rings is 11. The van der Waals surface area contributed by atoms with Crippen LogP contribution in [0.2, 0.25) is 0 Å². The van der Waals surface area contributed by atoms with Gasteiger partial charge in [0.25, 0.3) is 0 Å². The van der Waals surface area contributed by atoms with Crippen LogP contribution < -0.4 is 0 Å². The molecule has 83 heavy (non-hydrogen) atoms. The average Bonchev–Trinajstić information content (AvgIpc) is 2.95. The summed E-state index contributed by atoms with van der Waals surface area (Å²) in [4.78, 5) is 16.0. The van der Waals surface area contributed by atoms with Gasteiger partial charge in [-0.1, -0.05) is 211 Å². The predicted octanol–water partition coefficient (Wildman–Crippen LogP) is 20.1. The van der Waals surface area contributed by atoms with Crippen LogP contribution in [-0.2, 0) is 10.8 Å². The molecule has 6 nitrogen and oxygen atoms in total. The van der Waals surface area contributed by atoms with Gasteiger partial charge in [0.05, 0.1) is 38.8 Å². The molecule has 15 aromatic rings. The third-order valence-electron chi connectivity index (χ3n) is 16.8. The molecule has 0 aliphatic heterocycles. The van der Waals surface area contributed by atoms with Crippen molar-refractivity contribution in [2.45, 2.75) is 52.4 Å². The van der Waals surface area contributed by atoms with Gasteiger partial charge in [0, 0.05) is 71.5 Å². The fraction of sp³-hybridized carbons (Fsp3) is 0.104. The summed E-state index contributed by atoms with van der Waals surface area (Å²) in [5, 5.41) is 7.37. The lowest BCUT2D eigenvalue weighted by Crippen LogP contribution is -2.10. The zero-order chi connectivity index (χ0) is 56.1. The Kier molecular flexibility index (Phi) is 11.6. The van der Waals surface area contributed by atoms with Crippen molar-refractivity contribution < 1.29 is 0 Å². The average molecular weight is 1070 g/mol. The van der Waals surface area contributed by atoms with E-state index >= 15 is 0 Å². The van der Waals surface area contributed by atoms with Gasteiger partial charge in [0.15, 0.2) is 17.5 Å². The SMILES string of the molecule is CC(C)(C)c1ccc2c(c1)c1cc(C(C)(C)C)ccc1n2-c1c(-c2ccc(-n3c4ccccc4c4ccccc43)cc2)cc(-c2nc(-c3ccccc3)nc(-c3ccccc3)n2)cc1-c1ccc(-n2c3ccccc3c3ccccc32)cc1. The zero-order valence-corrected chi connectivity index (χ0v) is 47.4. The summed E-state index contributed by atoms with van der Waals surface area (Å²) in [5.41, 5.74) is 19.5. The first-order valence-electron chi connectivity index (χ1n) is 28.8.